The predicted molar refractivity (Wildman–Crippen MR) is 75.2 cm³/mol. The Bertz CT molecular complexity index is 664. The van der Waals surface area contributed by atoms with Gasteiger partial charge in [-0.25, -0.2) is 14.6 Å². The fraction of sp³-hybridized carbons (Fsp3) is 0.214. The van der Waals surface area contributed by atoms with Crippen molar-refractivity contribution in [3.05, 3.63) is 47.4 Å². The van der Waals surface area contributed by atoms with E-state index in [0.29, 0.717) is 5.82 Å². The van der Waals surface area contributed by atoms with Gasteiger partial charge in [-0.05, 0) is 12.5 Å². The van der Waals surface area contributed by atoms with Crippen LogP contribution in [0.2, 0.25) is 0 Å². The Balaban J connectivity index is 2.03. The van der Waals surface area contributed by atoms with E-state index in [-0.39, 0.29) is 18.1 Å². The highest BCUT2D eigenvalue weighted by atomic mass is 16.5. The number of anilines is 1. The fourth-order valence-corrected chi connectivity index (χ4v) is 1.80. The summed E-state index contributed by atoms with van der Waals surface area (Å²) in [6.45, 7) is 1.74. The van der Waals surface area contributed by atoms with Gasteiger partial charge >= 0.3 is 12.1 Å². The molecule has 0 bridgehead atoms. The largest absolute Gasteiger partial charge is 0.476 e. The Labute approximate surface area is 121 Å². The smallest absolute Gasteiger partial charge is 0.413 e. The SMILES string of the molecule is Cc1nc(NC(=O)OCc2ccccc2)c(C(=O)O)n1C. The van der Waals surface area contributed by atoms with Crippen molar-refractivity contribution in [2.45, 2.75) is 13.5 Å². The number of carboxylic acid groups (broad SMARTS) is 1. The van der Waals surface area contributed by atoms with Crippen LogP contribution in [0.4, 0.5) is 10.6 Å². The van der Waals surface area contributed by atoms with Gasteiger partial charge in [0.25, 0.3) is 0 Å². The number of aryl methyl sites for hydroxylation is 1. The summed E-state index contributed by atoms with van der Waals surface area (Å²) in [6, 6.07) is 9.17. The van der Waals surface area contributed by atoms with E-state index < -0.39 is 12.1 Å². The van der Waals surface area contributed by atoms with Crippen molar-refractivity contribution in [3.63, 3.8) is 0 Å². The number of hydrogen-bond donors (Lipinski definition) is 2. The number of rotatable bonds is 4. The van der Waals surface area contributed by atoms with E-state index >= 15 is 0 Å². The van der Waals surface area contributed by atoms with Crippen molar-refractivity contribution < 1.29 is 19.4 Å². The van der Waals surface area contributed by atoms with Crippen molar-refractivity contribution in [1.29, 1.82) is 0 Å². The number of nitrogens with zero attached hydrogens (tertiary/aromatic N) is 2. The average molecular weight is 289 g/mol. The van der Waals surface area contributed by atoms with E-state index in [1.807, 2.05) is 30.3 Å². The Morgan fingerprint density at radius 3 is 2.62 bits per heavy atom. The molecule has 1 heterocycles. The molecule has 2 N–H and O–H groups in total. The second-order valence-corrected chi connectivity index (χ2v) is 4.41. The third kappa shape index (κ3) is 3.38. The number of carboxylic acids is 1. The maximum absolute atomic E-state index is 11.7. The van der Waals surface area contributed by atoms with Crippen LogP contribution >= 0.6 is 0 Å². The molecule has 0 saturated carbocycles. The third-order valence-corrected chi connectivity index (χ3v) is 2.95. The Morgan fingerprint density at radius 2 is 2.00 bits per heavy atom. The first-order valence-electron chi connectivity index (χ1n) is 6.23. The van der Waals surface area contributed by atoms with Gasteiger partial charge < -0.3 is 14.4 Å². The van der Waals surface area contributed by atoms with E-state index in [0.717, 1.165) is 5.56 Å². The standard InChI is InChI=1S/C14H15N3O4/c1-9-15-12(11(13(18)19)17(9)2)16-14(20)21-8-10-6-4-3-5-7-10/h3-7H,8H2,1-2H3,(H,16,20)(H,18,19). The second kappa shape index (κ2) is 6.08. The van der Waals surface area contributed by atoms with E-state index in [2.05, 4.69) is 10.3 Å². The van der Waals surface area contributed by atoms with Crippen LogP contribution in [0.25, 0.3) is 0 Å². The summed E-state index contributed by atoms with van der Waals surface area (Å²) in [5, 5.41) is 11.5. The second-order valence-electron chi connectivity index (χ2n) is 4.41. The highest BCUT2D eigenvalue weighted by Gasteiger charge is 2.20. The summed E-state index contributed by atoms with van der Waals surface area (Å²) in [5.74, 6) is -0.720. The topological polar surface area (TPSA) is 93.4 Å². The maximum atomic E-state index is 11.7. The van der Waals surface area contributed by atoms with Gasteiger partial charge in [-0.1, -0.05) is 30.3 Å². The zero-order chi connectivity index (χ0) is 15.4. The molecular weight excluding hydrogens is 274 g/mol. The lowest BCUT2D eigenvalue weighted by Gasteiger charge is -2.06. The molecule has 0 fully saturated rings. The van der Waals surface area contributed by atoms with Gasteiger partial charge in [0.1, 0.15) is 12.4 Å². The molecule has 0 atom stereocenters. The highest BCUT2D eigenvalue weighted by molar-refractivity contribution is 5.96. The van der Waals surface area contributed by atoms with Crippen LogP contribution in [0, 0.1) is 6.92 Å². The number of hydrogen-bond acceptors (Lipinski definition) is 4. The Kier molecular flexibility index (Phi) is 4.22. The number of imidazole rings is 1. The van der Waals surface area contributed by atoms with Crippen LogP contribution in [0.15, 0.2) is 30.3 Å². The van der Waals surface area contributed by atoms with Gasteiger partial charge in [-0.15, -0.1) is 0 Å². The van der Waals surface area contributed by atoms with E-state index in [1.54, 1.807) is 14.0 Å². The van der Waals surface area contributed by atoms with Crippen LogP contribution in [-0.4, -0.2) is 26.7 Å². The monoisotopic (exact) mass is 289 g/mol. The fourth-order valence-electron chi connectivity index (χ4n) is 1.80. The Morgan fingerprint density at radius 1 is 1.33 bits per heavy atom. The summed E-state index contributed by atoms with van der Waals surface area (Å²) in [6.07, 6.45) is -0.751. The number of ether oxygens (including phenoxy) is 1. The van der Waals surface area contributed by atoms with Crippen LogP contribution in [-0.2, 0) is 18.4 Å². The molecule has 110 valence electrons. The van der Waals surface area contributed by atoms with Gasteiger partial charge in [-0.2, -0.15) is 0 Å². The molecule has 0 aliphatic carbocycles. The zero-order valence-corrected chi connectivity index (χ0v) is 11.7. The molecule has 0 spiro atoms. The van der Waals surface area contributed by atoms with E-state index in [4.69, 9.17) is 9.84 Å². The molecule has 7 nitrogen and oxygen atoms in total. The van der Waals surface area contributed by atoms with Gasteiger partial charge in [0.15, 0.2) is 11.5 Å². The molecule has 21 heavy (non-hydrogen) atoms. The number of carbonyl (C=O) groups is 2. The lowest BCUT2D eigenvalue weighted by Crippen LogP contribution is -2.17. The van der Waals surface area contributed by atoms with E-state index in [1.165, 1.54) is 4.57 Å². The summed E-state index contributed by atoms with van der Waals surface area (Å²) in [7, 11) is 1.56. The molecule has 0 aliphatic rings. The highest BCUT2D eigenvalue weighted by Crippen LogP contribution is 2.16. The summed E-state index contributed by atoms with van der Waals surface area (Å²) < 4.78 is 6.41. The zero-order valence-electron chi connectivity index (χ0n) is 11.7. The minimum atomic E-state index is -1.17. The van der Waals surface area contributed by atoms with Crippen LogP contribution in [0.5, 0.6) is 0 Å². The lowest BCUT2D eigenvalue weighted by molar-refractivity contribution is 0.0687. The Hall–Kier alpha value is -2.83. The van der Waals surface area contributed by atoms with Gasteiger partial charge in [-0.3, -0.25) is 5.32 Å². The molecule has 0 saturated heterocycles. The minimum Gasteiger partial charge on any atom is -0.476 e. The van der Waals surface area contributed by atoms with Crippen molar-refractivity contribution >= 4 is 17.9 Å². The van der Waals surface area contributed by atoms with E-state index in [9.17, 15) is 9.59 Å². The summed E-state index contributed by atoms with van der Waals surface area (Å²) in [4.78, 5) is 26.9. The molecule has 2 rings (SSSR count). The molecule has 1 amide bonds. The summed E-state index contributed by atoms with van der Waals surface area (Å²) in [5.41, 5.74) is 0.743. The van der Waals surface area contributed by atoms with Crippen molar-refractivity contribution in [1.82, 2.24) is 9.55 Å². The molecule has 1 aromatic carbocycles. The number of aromatic nitrogens is 2. The summed E-state index contributed by atoms with van der Waals surface area (Å²) >= 11 is 0. The normalized spacial score (nSPS) is 10.2. The molecular formula is C14H15N3O4. The first-order valence-corrected chi connectivity index (χ1v) is 6.23. The van der Waals surface area contributed by atoms with Gasteiger partial charge in [0.05, 0.1) is 0 Å². The first kappa shape index (κ1) is 14.6. The van der Waals surface area contributed by atoms with Gasteiger partial charge in [0, 0.05) is 7.05 Å². The van der Waals surface area contributed by atoms with Crippen molar-refractivity contribution in [2.75, 3.05) is 5.32 Å². The van der Waals surface area contributed by atoms with Crippen LogP contribution < -0.4 is 5.32 Å². The average Bonchev–Trinajstić information content (AvgIpc) is 2.72. The number of benzene rings is 1. The van der Waals surface area contributed by atoms with Crippen LogP contribution in [0.3, 0.4) is 0 Å². The lowest BCUT2D eigenvalue weighted by atomic mass is 10.2. The molecule has 2 aromatic rings. The number of carbonyl (C=O) groups excluding carboxylic acids is 1. The number of amides is 1. The first-order chi connectivity index (χ1) is 9.99. The van der Waals surface area contributed by atoms with Gasteiger partial charge in [0.2, 0.25) is 0 Å². The molecule has 1 aromatic heterocycles. The number of nitrogens with one attached hydrogen (secondary N) is 1. The predicted octanol–water partition coefficient (Wildman–Crippen LogP) is 2.18. The van der Waals surface area contributed by atoms with Crippen molar-refractivity contribution in [3.8, 4) is 0 Å². The molecule has 0 aliphatic heterocycles. The third-order valence-electron chi connectivity index (χ3n) is 2.95. The van der Waals surface area contributed by atoms with Crippen LogP contribution in [0.1, 0.15) is 21.9 Å². The molecule has 0 radical (unpaired) electrons. The number of aromatic carboxylic acids is 1. The van der Waals surface area contributed by atoms with Crippen molar-refractivity contribution in [2.24, 2.45) is 7.05 Å². The molecule has 0 unspecified atom stereocenters. The maximum Gasteiger partial charge on any atom is 0.413 e. The quantitative estimate of drug-likeness (QED) is 0.899. The minimum absolute atomic E-state index is 0.0273. The molecule has 7 heteroatoms.